The lowest BCUT2D eigenvalue weighted by atomic mass is 9.85. The van der Waals surface area contributed by atoms with Crippen LogP contribution in [0.5, 0.6) is 0 Å². The van der Waals surface area contributed by atoms with Crippen LogP contribution in [0.2, 0.25) is 0 Å². The third-order valence-electron chi connectivity index (χ3n) is 5.72. The number of hydrogen-bond donors (Lipinski definition) is 0. The molecule has 0 N–H and O–H groups in total. The van der Waals surface area contributed by atoms with Crippen LogP contribution in [0.4, 0.5) is 0 Å². The summed E-state index contributed by atoms with van der Waals surface area (Å²) in [5.41, 5.74) is 0.404. The molecule has 0 bridgehead atoms. The molecule has 2 heterocycles. The van der Waals surface area contributed by atoms with Gasteiger partial charge < -0.3 is 9.64 Å². The van der Waals surface area contributed by atoms with E-state index in [2.05, 4.69) is 9.80 Å². The summed E-state index contributed by atoms with van der Waals surface area (Å²) in [6.07, 6.45) is 8.60. The minimum Gasteiger partial charge on any atom is -0.378 e. The van der Waals surface area contributed by atoms with E-state index in [-0.39, 0.29) is 0 Å². The quantitative estimate of drug-likeness (QED) is 0.772. The summed E-state index contributed by atoms with van der Waals surface area (Å²) in [4.78, 5) is 5.52. The Kier molecular flexibility index (Phi) is 3.33. The first-order valence-corrected chi connectivity index (χ1v) is 8.39. The average molecular weight is 264 g/mol. The number of piperidine rings is 1. The Morgan fingerprint density at radius 1 is 0.895 bits per heavy atom. The molecule has 108 valence electrons. The molecule has 0 aromatic rings. The molecule has 0 radical (unpaired) electrons. The van der Waals surface area contributed by atoms with Gasteiger partial charge in [0.25, 0.3) is 0 Å². The number of likely N-dealkylation sites (tertiary alicyclic amines) is 1. The van der Waals surface area contributed by atoms with Gasteiger partial charge in [-0.05, 0) is 63.5 Å². The highest BCUT2D eigenvalue weighted by molar-refractivity contribution is 4.99. The van der Waals surface area contributed by atoms with E-state index < -0.39 is 0 Å². The Labute approximate surface area is 117 Å². The zero-order chi connectivity index (χ0) is 12.7. The second kappa shape index (κ2) is 5.01. The highest BCUT2D eigenvalue weighted by Gasteiger charge is 2.44. The van der Waals surface area contributed by atoms with Crippen molar-refractivity contribution in [3.05, 3.63) is 0 Å². The summed E-state index contributed by atoms with van der Waals surface area (Å²) < 4.78 is 5.86. The number of hydrogen-bond acceptors (Lipinski definition) is 3. The highest BCUT2D eigenvalue weighted by Crippen LogP contribution is 2.38. The molecule has 0 atom stereocenters. The van der Waals surface area contributed by atoms with Crippen LogP contribution in [0.15, 0.2) is 0 Å². The summed E-state index contributed by atoms with van der Waals surface area (Å²) in [7, 11) is 0. The maximum absolute atomic E-state index is 5.86. The van der Waals surface area contributed by atoms with E-state index in [0.29, 0.717) is 5.54 Å². The van der Waals surface area contributed by atoms with Crippen LogP contribution in [-0.4, -0.2) is 61.3 Å². The molecule has 2 aliphatic heterocycles. The van der Waals surface area contributed by atoms with Crippen LogP contribution in [0.1, 0.15) is 38.5 Å². The van der Waals surface area contributed by atoms with Crippen molar-refractivity contribution in [3.8, 4) is 0 Å². The molecule has 4 aliphatic rings. The summed E-state index contributed by atoms with van der Waals surface area (Å²) in [6.45, 7) is 8.48. The van der Waals surface area contributed by atoms with Gasteiger partial charge in [-0.3, -0.25) is 4.90 Å². The Bertz CT molecular complexity index is 317. The second-order valence-corrected chi connectivity index (χ2v) is 7.41. The first-order chi connectivity index (χ1) is 9.34. The standard InChI is InChI=1S/C16H28N2O/c1-2-14(1)11-17-7-5-16(6-8-17)13-19-10-9-18(16)12-15-3-4-15/h14-15H,1-13H2. The Hall–Kier alpha value is -0.120. The van der Waals surface area contributed by atoms with Crippen LogP contribution >= 0.6 is 0 Å². The predicted octanol–water partition coefficient (Wildman–Crippen LogP) is 1.97. The van der Waals surface area contributed by atoms with Crippen molar-refractivity contribution in [1.29, 1.82) is 0 Å². The summed E-state index contributed by atoms with van der Waals surface area (Å²) in [5.74, 6) is 2.05. The van der Waals surface area contributed by atoms with Gasteiger partial charge in [0.2, 0.25) is 0 Å². The van der Waals surface area contributed by atoms with Crippen LogP contribution in [0.25, 0.3) is 0 Å². The van der Waals surface area contributed by atoms with Crippen molar-refractivity contribution in [2.75, 3.05) is 45.9 Å². The van der Waals surface area contributed by atoms with Crippen LogP contribution in [0, 0.1) is 11.8 Å². The fourth-order valence-electron chi connectivity index (χ4n) is 3.94. The van der Waals surface area contributed by atoms with E-state index in [1.165, 1.54) is 71.2 Å². The lowest BCUT2D eigenvalue weighted by Gasteiger charge is -2.51. The van der Waals surface area contributed by atoms with Crippen molar-refractivity contribution in [2.45, 2.75) is 44.1 Å². The predicted molar refractivity (Wildman–Crippen MR) is 76.2 cm³/mol. The van der Waals surface area contributed by atoms with Gasteiger partial charge in [0.05, 0.1) is 13.2 Å². The Morgan fingerprint density at radius 3 is 2.26 bits per heavy atom. The van der Waals surface area contributed by atoms with Gasteiger partial charge in [-0.15, -0.1) is 0 Å². The van der Waals surface area contributed by atoms with Crippen molar-refractivity contribution in [2.24, 2.45) is 11.8 Å². The molecular formula is C16H28N2O. The first-order valence-electron chi connectivity index (χ1n) is 8.39. The number of ether oxygens (including phenoxy) is 1. The van der Waals surface area contributed by atoms with Crippen molar-refractivity contribution in [3.63, 3.8) is 0 Å². The summed E-state index contributed by atoms with van der Waals surface area (Å²) in [6, 6.07) is 0. The van der Waals surface area contributed by atoms with E-state index >= 15 is 0 Å². The molecule has 1 spiro atoms. The maximum Gasteiger partial charge on any atom is 0.0652 e. The molecule has 3 heteroatoms. The molecular weight excluding hydrogens is 236 g/mol. The highest BCUT2D eigenvalue weighted by atomic mass is 16.5. The zero-order valence-corrected chi connectivity index (χ0v) is 12.1. The fourth-order valence-corrected chi connectivity index (χ4v) is 3.94. The van der Waals surface area contributed by atoms with Crippen LogP contribution < -0.4 is 0 Å². The number of morpholine rings is 1. The lowest BCUT2D eigenvalue weighted by molar-refractivity contribution is -0.0966. The van der Waals surface area contributed by atoms with E-state index in [4.69, 9.17) is 4.74 Å². The molecule has 2 saturated heterocycles. The Morgan fingerprint density at radius 2 is 1.58 bits per heavy atom. The average Bonchev–Trinajstić information content (AvgIpc) is 3.31. The fraction of sp³-hybridized carbons (Fsp3) is 1.00. The molecule has 2 aliphatic carbocycles. The van der Waals surface area contributed by atoms with Gasteiger partial charge in [0, 0.05) is 25.2 Å². The molecule has 3 nitrogen and oxygen atoms in total. The Balaban J connectivity index is 1.36. The van der Waals surface area contributed by atoms with E-state index in [9.17, 15) is 0 Å². The smallest absolute Gasteiger partial charge is 0.0652 e. The maximum atomic E-state index is 5.86. The second-order valence-electron chi connectivity index (χ2n) is 7.41. The van der Waals surface area contributed by atoms with Gasteiger partial charge in [-0.2, -0.15) is 0 Å². The largest absolute Gasteiger partial charge is 0.378 e. The molecule has 4 rings (SSSR count). The van der Waals surface area contributed by atoms with Crippen LogP contribution in [0.3, 0.4) is 0 Å². The van der Waals surface area contributed by atoms with Crippen molar-refractivity contribution in [1.82, 2.24) is 9.80 Å². The van der Waals surface area contributed by atoms with Gasteiger partial charge in [-0.25, -0.2) is 0 Å². The third kappa shape index (κ3) is 2.84. The minimum atomic E-state index is 0.404. The number of nitrogens with zero attached hydrogens (tertiary/aromatic N) is 2. The monoisotopic (exact) mass is 264 g/mol. The van der Waals surface area contributed by atoms with Gasteiger partial charge in [0.1, 0.15) is 0 Å². The molecule has 19 heavy (non-hydrogen) atoms. The van der Waals surface area contributed by atoms with Gasteiger partial charge in [-0.1, -0.05) is 0 Å². The lowest BCUT2D eigenvalue weighted by Crippen LogP contribution is -2.61. The molecule has 0 aromatic carbocycles. The molecule has 4 fully saturated rings. The molecule has 0 aromatic heterocycles. The summed E-state index contributed by atoms with van der Waals surface area (Å²) in [5, 5.41) is 0. The SMILES string of the molecule is C1CN(CC2CC2)C2(CCN(CC3CC3)CC2)CO1. The molecule has 0 amide bonds. The van der Waals surface area contributed by atoms with Crippen LogP contribution in [-0.2, 0) is 4.74 Å². The van der Waals surface area contributed by atoms with Crippen molar-refractivity contribution >= 4 is 0 Å². The zero-order valence-electron chi connectivity index (χ0n) is 12.1. The topological polar surface area (TPSA) is 15.7 Å². The van der Waals surface area contributed by atoms with Crippen molar-refractivity contribution < 1.29 is 4.74 Å². The third-order valence-corrected chi connectivity index (χ3v) is 5.72. The first kappa shape index (κ1) is 12.6. The van der Waals surface area contributed by atoms with E-state index in [0.717, 1.165) is 25.0 Å². The van der Waals surface area contributed by atoms with E-state index in [1.807, 2.05) is 0 Å². The summed E-state index contributed by atoms with van der Waals surface area (Å²) >= 11 is 0. The number of rotatable bonds is 4. The van der Waals surface area contributed by atoms with Gasteiger partial charge in [0.15, 0.2) is 0 Å². The van der Waals surface area contributed by atoms with Gasteiger partial charge >= 0.3 is 0 Å². The van der Waals surface area contributed by atoms with E-state index in [1.54, 1.807) is 0 Å². The normalized spacial score (nSPS) is 32.8. The minimum absolute atomic E-state index is 0.404. The molecule has 2 saturated carbocycles. The molecule has 0 unspecified atom stereocenters.